The van der Waals surface area contributed by atoms with Crippen LogP contribution in [-0.4, -0.2) is 13.1 Å². The lowest BCUT2D eigenvalue weighted by molar-refractivity contribution is 0.241. The lowest BCUT2D eigenvalue weighted by Gasteiger charge is -2.39. The SMILES string of the molecule is CC[N+]1(CC)c2ccccc2C[C@H]1c1ccccc1. The van der Waals surface area contributed by atoms with Crippen LogP contribution in [0.15, 0.2) is 54.6 Å². The summed E-state index contributed by atoms with van der Waals surface area (Å²) in [6.07, 6.45) is 1.17. The zero-order valence-electron chi connectivity index (χ0n) is 11.8. The number of likely N-dealkylation sites (N-methyl/N-ethyl adjacent to an activating group) is 1. The second-order valence-corrected chi connectivity index (χ2v) is 5.43. The van der Waals surface area contributed by atoms with Crippen LogP contribution in [0.5, 0.6) is 0 Å². The van der Waals surface area contributed by atoms with Gasteiger partial charge in [-0.3, -0.25) is 4.48 Å². The minimum absolute atomic E-state index is 0.577. The molecule has 1 aliphatic heterocycles. The van der Waals surface area contributed by atoms with Gasteiger partial charge < -0.3 is 0 Å². The molecule has 0 saturated heterocycles. The molecule has 1 atom stereocenters. The number of hydrogen-bond donors (Lipinski definition) is 0. The number of fused-ring (bicyclic) bond motifs is 1. The first-order valence-electron chi connectivity index (χ1n) is 7.32. The molecule has 19 heavy (non-hydrogen) atoms. The minimum atomic E-state index is 0.577. The monoisotopic (exact) mass is 252 g/mol. The van der Waals surface area contributed by atoms with Gasteiger partial charge in [-0.1, -0.05) is 48.5 Å². The third kappa shape index (κ3) is 1.81. The number of benzene rings is 2. The van der Waals surface area contributed by atoms with Crippen molar-refractivity contribution in [3.05, 3.63) is 65.7 Å². The Balaban J connectivity index is 2.13. The molecule has 2 aromatic rings. The lowest BCUT2D eigenvalue weighted by atomic mass is 10.0. The summed E-state index contributed by atoms with van der Waals surface area (Å²) in [6, 6.07) is 20.6. The van der Waals surface area contributed by atoms with E-state index in [1.807, 2.05) is 0 Å². The van der Waals surface area contributed by atoms with E-state index >= 15 is 0 Å². The quantitative estimate of drug-likeness (QED) is 0.713. The van der Waals surface area contributed by atoms with E-state index in [9.17, 15) is 0 Å². The second-order valence-electron chi connectivity index (χ2n) is 5.43. The molecule has 1 nitrogen and oxygen atoms in total. The van der Waals surface area contributed by atoms with E-state index in [1.165, 1.54) is 23.2 Å². The average Bonchev–Trinajstić information content (AvgIpc) is 2.83. The van der Waals surface area contributed by atoms with Crippen LogP contribution >= 0.6 is 0 Å². The molecule has 0 radical (unpaired) electrons. The first kappa shape index (κ1) is 12.4. The fourth-order valence-corrected chi connectivity index (χ4v) is 3.75. The Morgan fingerprint density at radius 3 is 2.21 bits per heavy atom. The summed E-state index contributed by atoms with van der Waals surface area (Å²) < 4.78 is 1.10. The predicted octanol–water partition coefficient (Wildman–Crippen LogP) is 4.33. The summed E-state index contributed by atoms with van der Waals surface area (Å²) in [6.45, 7) is 6.96. The first-order chi connectivity index (χ1) is 9.31. The highest BCUT2D eigenvalue weighted by atomic mass is 15.4. The molecule has 0 N–H and O–H groups in total. The molecule has 0 fully saturated rings. The normalized spacial score (nSPS) is 20.2. The van der Waals surface area contributed by atoms with Crippen LogP contribution in [0.3, 0.4) is 0 Å². The molecule has 2 aromatic carbocycles. The maximum absolute atomic E-state index is 2.32. The van der Waals surface area contributed by atoms with Crippen molar-refractivity contribution in [3.8, 4) is 0 Å². The van der Waals surface area contributed by atoms with Gasteiger partial charge in [0.1, 0.15) is 11.7 Å². The van der Waals surface area contributed by atoms with Gasteiger partial charge in [-0.15, -0.1) is 0 Å². The highest BCUT2D eigenvalue weighted by Gasteiger charge is 2.44. The van der Waals surface area contributed by atoms with Crippen molar-refractivity contribution in [1.29, 1.82) is 0 Å². The predicted molar refractivity (Wildman–Crippen MR) is 82.2 cm³/mol. The van der Waals surface area contributed by atoms with Gasteiger partial charge in [-0.2, -0.15) is 0 Å². The molecule has 1 aliphatic rings. The van der Waals surface area contributed by atoms with Gasteiger partial charge >= 0.3 is 0 Å². The standard InChI is InChI=1S/C18H22N/c1-3-19(4-2)17-13-9-8-12-16(17)14-18(19)15-10-6-5-7-11-15/h5-13,18H,3-4,14H2,1-2H3/q+1/t18-/m0/s1. The van der Waals surface area contributed by atoms with Crippen molar-refractivity contribution in [3.63, 3.8) is 0 Å². The molecular formula is C18H22N+. The molecule has 1 heterocycles. The van der Waals surface area contributed by atoms with Crippen molar-refractivity contribution in [2.24, 2.45) is 0 Å². The highest BCUT2D eigenvalue weighted by Crippen LogP contribution is 2.46. The summed E-state index contributed by atoms with van der Waals surface area (Å²) in [5.41, 5.74) is 4.53. The van der Waals surface area contributed by atoms with Crippen LogP contribution in [0.2, 0.25) is 0 Å². The summed E-state index contributed by atoms with van der Waals surface area (Å²) in [5, 5.41) is 0. The molecule has 98 valence electrons. The summed E-state index contributed by atoms with van der Waals surface area (Å²) in [4.78, 5) is 0. The maximum Gasteiger partial charge on any atom is 0.136 e. The van der Waals surface area contributed by atoms with Crippen molar-refractivity contribution in [1.82, 2.24) is 4.48 Å². The highest BCUT2D eigenvalue weighted by molar-refractivity contribution is 5.57. The van der Waals surface area contributed by atoms with E-state index in [0.29, 0.717) is 6.04 Å². The Kier molecular flexibility index (Phi) is 3.16. The zero-order valence-corrected chi connectivity index (χ0v) is 11.8. The molecule has 0 bridgehead atoms. The first-order valence-corrected chi connectivity index (χ1v) is 7.32. The van der Waals surface area contributed by atoms with E-state index in [0.717, 1.165) is 17.6 Å². The Labute approximate surface area is 116 Å². The molecular weight excluding hydrogens is 230 g/mol. The van der Waals surface area contributed by atoms with Crippen LogP contribution in [0.1, 0.15) is 31.0 Å². The third-order valence-corrected chi connectivity index (χ3v) is 4.79. The van der Waals surface area contributed by atoms with Gasteiger partial charge in [-0.25, -0.2) is 0 Å². The van der Waals surface area contributed by atoms with Crippen molar-refractivity contribution in [2.75, 3.05) is 13.1 Å². The molecule has 0 aliphatic carbocycles. The van der Waals surface area contributed by atoms with Crippen LogP contribution in [0, 0.1) is 0 Å². The zero-order chi connectivity index (χ0) is 13.3. The van der Waals surface area contributed by atoms with E-state index in [1.54, 1.807) is 0 Å². The van der Waals surface area contributed by atoms with Crippen molar-refractivity contribution < 1.29 is 0 Å². The van der Waals surface area contributed by atoms with Crippen molar-refractivity contribution >= 4 is 5.69 Å². The van der Waals surface area contributed by atoms with Crippen LogP contribution in [0.4, 0.5) is 5.69 Å². The Morgan fingerprint density at radius 2 is 1.53 bits per heavy atom. The topological polar surface area (TPSA) is 0 Å². The van der Waals surface area contributed by atoms with Gasteiger partial charge in [0, 0.05) is 17.5 Å². The third-order valence-electron chi connectivity index (χ3n) is 4.79. The fourth-order valence-electron chi connectivity index (χ4n) is 3.75. The Hall–Kier alpha value is -1.60. The lowest BCUT2D eigenvalue weighted by Crippen LogP contribution is -2.49. The van der Waals surface area contributed by atoms with E-state index in [2.05, 4.69) is 68.4 Å². The molecule has 3 rings (SSSR count). The number of nitrogens with zero attached hydrogens (tertiary/aromatic N) is 1. The van der Waals surface area contributed by atoms with Gasteiger partial charge in [0.2, 0.25) is 0 Å². The van der Waals surface area contributed by atoms with Crippen LogP contribution in [-0.2, 0) is 6.42 Å². The van der Waals surface area contributed by atoms with Gasteiger partial charge in [0.05, 0.1) is 13.1 Å². The molecule has 0 saturated carbocycles. The second kappa shape index (κ2) is 4.82. The molecule has 0 spiro atoms. The van der Waals surface area contributed by atoms with Gasteiger partial charge in [0.25, 0.3) is 0 Å². The number of hydrogen-bond acceptors (Lipinski definition) is 0. The number of rotatable bonds is 3. The summed E-state index contributed by atoms with van der Waals surface area (Å²) in [5.74, 6) is 0. The smallest absolute Gasteiger partial charge is 0.136 e. The van der Waals surface area contributed by atoms with Gasteiger partial charge in [0.15, 0.2) is 0 Å². The summed E-state index contributed by atoms with van der Waals surface area (Å²) >= 11 is 0. The van der Waals surface area contributed by atoms with Crippen LogP contribution in [0.25, 0.3) is 0 Å². The molecule has 0 aromatic heterocycles. The number of para-hydroxylation sites is 1. The van der Waals surface area contributed by atoms with E-state index in [-0.39, 0.29) is 0 Å². The minimum Gasteiger partial charge on any atom is -0.285 e. The van der Waals surface area contributed by atoms with E-state index in [4.69, 9.17) is 0 Å². The molecule has 0 amide bonds. The maximum atomic E-state index is 2.32. The molecule has 1 heteroatoms. The van der Waals surface area contributed by atoms with Crippen LogP contribution < -0.4 is 4.48 Å². The van der Waals surface area contributed by atoms with Gasteiger partial charge in [-0.05, 0) is 19.9 Å². The summed E-state index contributed by atoms with van der Waals surface area (Å²) in [7, 11) is 0. The Morgan fingerprint density at radius 1 is 0.895 bits per heavy atom. The van der Waals surface area contributed by atoms with Crippen molar-refractivity contribution in [2.45, 2.75) is 26.3 Å². The average molecular weight is 252 g/mol. The largest absolute Gasteiger partial charge is 0.285 e. The fraction of sp³-hybridized carbons (Fsp3) is 0.333. The van der Waals surface area contributed by atoms with E-state index < -0.39 is 0 Å². The molecule has 0 unspecified atom stereocenters. The Bertz CT molecular complexity index is 555. The number of quaternary nitrogens is 1.